The maximum Gasteiger partial charge on any atom is 0.265 e. The van der Waals surface area contributed by atoms with Crippen molar-refractivity contribution in [1.82, 2.24) is 24.9 Å². The average molecular weight is 497 g/mol. The zero-order chi connectivity index (χ0) is 23.8. The summed E-state index contributed by atoms with van der Waals surface area (Å²) in [5, 5.41) is 9.85. The van der Waals surface area contributed by atoms with Crippen molar-refractivity contribution < 1.29 is 9.18 Å². The maximum atomic E-state index is 14.1. The van der Waals surface area contributed by atoms with Gasteiger partial charge in [-0.25, -0.2) is 14.1 Å². The summed E-state index contributed by atoms with van der Waals surface area (Å²) >= 11 is 7.44. The molecule has 4 aromatic rings. The average Bonchev–Trinajstić information content (AvgIpc) is 3.41. The minimum atomic E-state index is -0.244. The van der Waals surface area contributed by atoms with Crippen LogP contribution in [0.15, 0.2) is 48.5 Å². The molecule has 0 atom stereocenters. The molecule has 0 bridgehead atoms. The number of hydrogen-bond donors (Lipinski definition) is 0. The Hall–Kier alpha value is -3.30. The number of benzene rings is 2. The lowest BCUT2D eigenvalue weighted by Crippen LogP contribution is -2.49. The van der Waals surface area contributed by atoms with Crippen molar-refractivity contribution in [3.8, 4) is 16.4 Å². The summed E-state index contributed by atoms with van der Waals surface area (Å²) in [6.07, 6.45) is 0. The number of halogens is 2. The van der Waals surface area contributed by atoms with Crippen LogP contribution in [0.1, 0.15) is 21.1 Å². The molecule has 1 aliphatic heterocycles. The molecule has 0 unspecified atom stereocenters. The van der Waals surface area contributed by atoms with Gasteiger partial charge in [0.15, 0.2) is 0 Å². The van der Waals surface area contributed by atoms with E-state index in [0.29, 0.717) is 58.2 Å². The highest BCUT2D eigenvalue weighted by Gasteiger charge is 2.27. The van der Waals surface area contributed by atoms with E-state index in [-0.39, 0.29) is 11.7 Å². The number of carbonyl (C=O) groups excluding carboxylic acids is 1. The van der Waals surface area contributed by atoms with Crippen molar-refractivity contribution in [2.24, 2.45) is 0 Å². The summed E-state index contributed by atoms with van der Waals surface area (Å²) in [4.78, 5) is 22.3. The summed E-state index contributed by atoms with van der Waals surface area (Å²) in [7, 11) is 0. The second-order valence-electron chi connectivity index (χ2n) is 8.08. The maximum absolute atomic E-state index is 14.1. The molecule has 0 saturated carbocycles. The molecule has 34 heavy (non-hydrogen) atoms. The highest BCUT2D eigenvalue weighted by molar-refractivity contribution is 7.17. The first kappa shape index (κ1) is 22.5. The first-order valence-electron chi connectivity index (χ1n) is 10.9. The Bertz CT molecular complexity index is 1360. The normalized spacial score (nSPS) is 14.0. The number of carbonyl (C=O) groups is 1. The van der Waals surface area contributed by atoms with Gasteiger partial charge in [0.05, 0.1) is 22.8 Å². The van der Waals surface area contributed by atoms with E-state index in [1.54, 1.807) is 27.8 Å². The van der Waals surface area contributed by atoms with Crippen LogP contribution < -0.4 is 4.90 Å². The van der Waals surface area contributed by atoms with Crippen LogP contribution in [0, 0.1) is 19.7 Å². The monoisotopic (exact) mass is 496 g/mol. The van der Waals surface area contributed by atoms with Crippen molar-refractivity contribution in [3.63, 3.8) is 0 Å². The lowest BCUT2D eigenvalue weighted by molar-refractivity contribution is 0.0750. The fraction of sp³-hybridized carbons (Fsp3) is 0.250. The number of aryl methyl sites for hydroxylation is 1. The van der Waals surface area contributed by atoms with E-state index in [9.17, 15) is 9.18 Å². The Morgan fingerprint density at radius 2 is 1.82 bits per heavy atom. The Labute approximate surface area is 205 Å². The third-order valence-corrected chi connectivity index (χ3v) is 7.29. The van der Waals surface area contributed by atoms with Crippen LogP contribution in [-0.2, 0) is 0 Å². The van der Waals surface area contributed by atoms with Crippen molar-refractivity contribution in [1.29, 1.82) is 0 Å². The third kappa shape index (κ3) is 4.17. The fourth-order valence-corrected chi connectivity index (χ4v) is 5.33. The minimum absolute atomic E-state index is 0.0608. The number of nitrogens with zero attached hydrogens (tertiary/aromatic N) is 6. The van der Waals surface area contributed by atoms with Crippen LogP contribution in [0.5, 0.6) is 0 Å². The molecule has 1 saturated heterocycles. The van der Waals surface area contributed by atoms with Crippen molar-refractivity contribution in [3.05, 3.63) is 75.6 Å². The van der Waals surface area contributed by atoms with Crippen molar-refractivity contribution >= 4 is 34.5 Å². The molecular formula is C24H22ClFN6OS. The molecule has 0 radical (unpaired) electrons. The second-order valence-corrected chi connectivity index (χ2v) is 9.51. The van der Waals surface area contributed by atoms with Gasteiger partial charge in [0.25, 0.3) is 5.91 Å². The second kappa shape index (κ2) is 9.15. The van der Waals surface area contributed by atoms with Crippen LogP contribution in [0.2, 0.25) is 5.02 Å². The van der Waals surface area contributed by atoms with E-state index in [1.807, 2.05) is 43.0 Å². The van der Waals surface area contributed by atoms with Crippen molar-refractivity contribution in [2.75, 3.05) is 31.1 Å². The fourth-order valence-electron chi connectivity index (χ4n) is 4.08. The zero-order valence-electron chi connectivity index (χ0n) is 18.7. The predicted molar refractivity (Wildman–Crippen MR) is 131 cm³/mol. The topological polar surface area (TPSA) is 67.2 Å². The molecule has 2 aromatic carbocycles. The largest absolute Gasteiger partial charge is 0.366 e. The molecule has 2 aromatic heterocycles. The van der Waals surface area contributed by atoms with Gasteiger partial charge in [-0.1, -0.05) is 35.0 Å². The van der Waals surface area contributed by atoms with E-state index in [4.69, 9.17) is 11.6 Å². The standard InChI is InChI=1S/C24H22ClFN6OS/c1-15-22(24(33)31-12-10-30(11-13-31)20-9-4-3-8-19(20)26)34-23(27-15)21-16(2)32(29-28-21)18-7-5-6-17(25)14-18/h3-9,14H,10-13H2,1-2H3. The third-order valence-electron chi connectivity index (χ3n) is 5.90. The molecule has 1 amide bonds. The molecule has 7 nitrogen and oxygen atoms in total. The lowest BCUT2D eigenvalue weighted by atomic mass is 10.2. The first-order valence-corrected chi connectivity index (χ1v) is 12.1. The lowest BCUT2D eigenvalue weighted by Gasteiger charge is -2.36. The highest BCUT2D eigenvalue weighted by Crippen LogP contribution is 2.31. The van der Waals surface area contributed by atoms with Gasteiger partial charge in [-0.2, -0.15) is 0 Å². The Balaban J connectivity index is 1.34. The number of piperazine rings is 1. The first-order chi connectivity index (χ1) is 16.4. The van der Waals surface area contributed by atoms with E-state index in [2.05, 4.69) is 15.3 Å². The molecule has 1 fully saturated rings. The highest BCUT2D eigenvalue weighted by atomic mass is 35.5. The van der Waals surface area contributed by atoms with Gasteiger partial charge in [-0.15, -0.1) is 16.4 Å². The number of rotatable bonds is 4. The summed E-state index contributed by atoms with van der Waals surface area (Å²) in [6, 6.07) is 14.1. The molecule has 3 heterocycles. The Kier molecular flexibility index (Phi) is 6.05. The summed E-state index contributed by atoms with van der Waals surface area (Å²) in [6.45, 7) is 5.93. The van der Waals surface area contributed by atoms with Gasteiger partial charge in [0, 0.05) is 31.2 Å². The van der Waals surface area contributed by atoms with Crippen molar-refractivity contribution in [2.45, 2.75) is 13.8 Å². The van der Waals surface area contributed by atoms with Crippen LogP contribution in [0.25, 0.3) is 16.4 Å². The summed E-state index contributed by atoms with van der Waals surface area (Å²) in [5.41, 5.74) is 3.49. The number of anilines is 1. The molecule has 10 heteroatoms. The van der Waals surface area contributed by atoms with E-state index in [1.165, 1.54) is 17.4 Å². The molecule has 0 aliphatic carbocycles. The van der Waals surface area contributed by atoms with Gasteiger partial charge >= 0.3 is 0 Å². The van der Waals surface area contributed by atoms with Gasteiger partial charge in [-0.3, -0.25) is 4.79 Å². The molecule has 0 spiro atoms. The smallest absolute Gasteiger partial charge is 0.265 e. The Morgan fingerprint density at radius 3 is 2.56 bits per heavy atom. The molecule has 1 aliphatic rings. The molecule has 0 N–H and O–H groups in total. The quantitative estimate of drug-likeness (QED) is 0.407. The Morgan fingerprint density at radius 1 is 1.06 bits per heavy atom. The zero-order valence-corrected chi connectivity index (χ0v) is 20.3. The molecular weight excluding hydrogens is 475 g/mol. The number of hydrogen-bond acceptors (Lipinski definition) is 6. The van der Waals surface area contributed by atoms with Gasteiger partial charge < -0.3 is 9.80 Å². The van der Waals surface area contributed by atoms with Gasteiger partial charge in [0.1, 0.15) is 21.4 Å². The van der Waals surface area contributed by atoms with Gasteiger partial charge in [-0.05, 0) is 44.2 Å². The molecule has 5 rings (SSSR count). The van der Waals surface area contributed by atoms with Gasteiger partial charge in [0.2, 0.25) is 0 Å². The van der Waals surface area contributed by atoms with Crippen LogP contribution in [0.4, 0.5) is 10.1 Å². The van der Waals surface area contributed by atoms with Crippen LogP contribution in [-0.4, -0.2) is 57.0 Å². The van der Waals surface area contributed by atoms with E-state index in [0.717, 1.165) is 11.4 Å². The van der Waals surface area contributed by atoms with Crippen LogP contribution >= 0.6 is 22.9 Å². The number of para-hydroxylation sites is 1. The summed E-state index contributed by atoms with van der Waals surface area (Å²) in [5.74, 6) is -0.305. The number of aromatic nitrogens is 4. The number of amides is 1. The minimum Gasteiger partial charge on any atom is -0.366 e. The predicted octanol–water partition coefficient (Wildman–Crippen LogP) is 4.76. The van der Waals surface area contributed by atoms with Crippen LogP contribution in [0.3, 0.4) is 0 Å². The SMILES string of the molecule is Cc1nc(-c2nnn(-c3cccc(Cl)c3)c2C)sc1C(=O)N1CCN(c2ccccc2F)CC1. The molecule has 174 valence electrons. The van der Waals surface area contributed by atoms with E-state index >= 15 is 0 Å². The summed E-state index contributed by atoms with van der Waals surface area (Å²) < 4.78 is 15.8. The number of thiazole rings is 1. The van der Waals surface area contributed by atoms with E-state index < -0.39 is 0 Å².